The molecule has 0 unspecified atom stereocenters. The van der Waals surface area contributed by atoms with Crippen LogP contribution in [0.25, 0.3) is 22.7 Å². The Bertz CT molecular complexity index is 1100. The van der Waals surface area contributed by atoms with Gasteiger partial charge in [0, 0.05) is 23.4 Å². The van der Waals surface area contributed by atoms with Crippen LogP contribution in [-0.4, -0.2) is 19.9 Å². The van der Waals surface area contributed by atoms with Gasteiger partial charge in [0.2, 0.25) is 0 Å². The van der Waals surface area contributed by atoms with E-state index in [2.05, 4.69) is 19.9 Å². The fourth-order valence-electron chi connectivity index (χ4n) is 3.12. The molecule has 0 radical (unpaired) electrons. The minimum absolute atomic E-state index is 0.280. The van der Waals surface area contributed by atoms with Crippen molar-refractivity contribution in [2.45, 2.75) is 29.8 Å². The highest BCUT2D eigenvalue weighted by atomic mass is 32.2. The van der Waals surface area contributed by atoms with E-state index in [4.69, 9.17) is 4.52 Å². The number of halogens is 1. The van der Waals surface area contributed by atoms with Gasteiger partial charge in [-0.25, -0.2) is 4.39 Å². The minimum Gasteiger partial charge on any atom is -0.356 e. The van der Waals surface area contributed by atoms with Crippen LogP contribution in [0.2, 0.25) is 0 Å². The van der Waals surface area contributed by atoms with E-state index >= 15 is 0 Å². The van der Waals surface area contributed by atoms with Gasteiger partial charge < -0.3 is 4.52 Å². The largest absolute Gasteiger partial charge is 0.356 e. The normalized spacial score (nSPS) is 13.8. The third-order valence-electron chi connectivity index (χ3n) is 4.66. The second kappa shape index (κ2) is 7.24. The number of benzene rings is 2. The Kier molecular flexibility index (Phi) is 4.44. The molecule has 0 saturated heterocycles. The number of hydrogen-bond donors (Lipinski definition) is 0. The molecular formula is C21H17FN4OS. The van der Waals surface area contributed by atoms with Crippen molar-refractivity contribution in [3.8, 4) is 22.7 Å². The predicted molar refractivity (Wildman–Crippen MR) is 105 cm³/mol. The maximum atomic E-state index is 14.3. The van der Waals surface area contributed by atoms with Crippen LogP contribution in [0.5, 0.6) is 0 Å². The molecule has 140 valence electrons. The van der Waals surface area contributed by atoms with Gasteiger partial charge in [0.05, 0.1) is 11.3 Å². The maximum absolute atomic E-state index is 14.3. The Hall–Kier alpha value is -2.93. The lowest BCUT2D eigenvalue weighted by Gasteiger charge is -2.08. The molecule has 1 aliphatic rings. The second-order valence-corrected chi connectivity index (χ2v) is 7.67. The Balaban J connectivity index is 1.38. The summed E-state index contributed by atoms with van der Waals surface area (Å²) in [6, 6.07) is 18.9. The Morgan fingerprint density at radius 3 is 2.61 bits per heavy atom. The summed E-state index contributed by atoms with van der Waals surface area (Å²) in [4.78, 5) is 0. The third kappa shape index (κ3) is 3.33. The molecule has 0 N–H and O–H groups in total. The highest BCUT2D eigenvalue weighted by molar-refractivity contribution is 7.98. The molecule has 0 atom stereocenters. The SMILES string of the molecule is Fc1ccccc1-c1nnc(SCc2cc(-c3ccccc3)on2)n1C1CC1. The van der Waals surface area contributed by atoms with E-state index in [1.54, 1.807) is 23.9 Å². The van der Waals surface area contributed by atoms with Gasteiger partial charge in [-0.3, -0.25) is 4.57 Å². The molecule has 2 aromatic heterocycles. The number of hydrogen-bond acceptors (Lipinski definition) is 5. The molecule has 1 fully saturated rings. The number of rotatable bonds is 6. The van der Waals surface area contributed by atoms with E-state index in [-0.39, 0.29) is 5.82 Å². The fraction of sp³-hybridized carbons (Fsp3) is 0.190. The Morgan fingerprint density at radius 1 is 1.04 bits per heavy atom. The lowest BCUT2D eigenvalue weighted by molar-refractivity contribution is 0.426. The summed E-state index contributed by atoms with van der Waals surface area (Å²) in [6.45, 7) is 0. The minimum atomic E-state index is -0.280. The highest BCUT2D eigenvalue weighted by Crippen LogP contribution is 2.41. The quantitative estimate of drug-likeness (QED) is 0.413. The van der Waals surface area contributed by atoms with Gasteiger partial charge in [0.25, 0.3) is 0 Å². The molecule has 2 heterocycles. The van der Waals surface area contributed by atoms with Crippen LogP contribution in [0.1, 0.15) is 24.6 Å². The van der Waals surface area contributed by atoms with Gasteiger partial charge in [-0.15, -0.1) is 10.2 Å². The number of aromatic nitrogens is 4. The first-order chi connectivity index (χ1) is 13.8. The van der Waals surface area contributed by atoms with Crippen molar-refractivity contribution in [2.75, 3.05) is 0 Å². The van der Waals surface area contributed by atoms with Crippen LogP contribution in [0, 0.1) is 5.82 Å². The molecule has 4 aromatic rings. The first-order valence-electron chi connectivity index (χ1n) is 9.13. The van der Waals surface area contributed by atoms with Crippen molar-refractivity contribution in [3.63, 3.8) is 0 Å². The van der Waals surface area contributed by atoms with Crippen molar-refractivity contribution >= 4 is 11.8 Å². The zero-order chi connectivity index (χ0) is 18.9. The number of nitrogens with zero attached hydrogens (tertiary/aromatic N) is 4. The first kappa shape index (κ1) is 17.2. The standard InChI is InChI=1S/C21H17FN4OS/c22-18-9-5-4-8-17(18)20-23-24-21(26(20)16-10-11-16)28-13-15-12-19(27-25-15)14-6-2-1-3-7-14/h1-9,12,16H,10-11,13H2. The van der Waals surface area contributed by atoms with Crippen LogP contribution in [-0.2, 0) is 5.75 Å². The van der Waals surface area contributed by atoms with Crippen LogP contribution >= 0.6 is 11.8 Å². The zero-order valence-corrected chi connectivity index (χ0v) is 15.8. The molecule has 0 amide bonds. The van der Waals surface area contributed by atoms with Crippen molar-refractivity contribution < 1.29 is 8.91 Å². The molecule has 0 bridgehead atoms. The fourth-order valence-corrected chi connectivity index (χ4v) is 4.01. The lowest BCUT2D eigenvalue weighted by atomic mass is 10.2. The van der Waals surface area contributed by atoms with Gasteiger partial charge in [-0.1, -0.05) is 59.4 Å². The van der Waals surface area contributed by atoms with E-state index in [0.717, 1.165) is 35.0 Å². The van der Waals surface area contributed by atoms with Crippen LogP contribution in [0.4, 0.5) is 4.39 Å². The average molecular weight is 392 g/mol. The summed E-state index contributed by atoms with van der Waals surface area (Å²) in [5.74, 6) is 1.66. The molecule has 1 saturated carbocycles. The highest BCUT2D eigenvalue weighted by Gasteiger charge is 2.31. The molecule has 5 rings (SSSR count). The second-order valence-electron chi connectivity index (χ2n) is 6.72. The van der Waals surface area contributed by atoms with Crippen molar-refractivity contribution in [2.24, 2.45) is 0 Å². The zero-order valence-electron chi connectivity index (χ0n) is 15.0. The molecule has 5 nitrogen and oxygen atoms in total. The van der Waals surface area contributed by atoms with Gasteiger partial charge in [0.1, 0.15) is 5.82 Å². The van der Waals surface area contributed by atoms with Crippen molar-refractivity contribution in [1.29, 1.82) is 0 Å². The van der Waals surface area contributed by atoms with Crippen LogP contribution in [0.3, 0.4) is 0 Å². The predicted octanol–water partition coefficient (Wildman–Crippen LogP) is 5.37. The summed E-state index contributed by atoms with van der Waals surface area (Å²) < 4.78 is 21.8. The van der Waals surface area contributed by atoms with E-state index in [1.165, 1.54) is 6.07 Å². The summed E-state index contributed by atoms with van der Waals surface area (Å²) in [5.41, 5.74) is 2.32. The monoisotopic (exact) mass is 392 g/mol. The molecule has 28 heavy (non-hydrogen) atoms. The van der Waals surface area contributed by atoms with Crippen molar-refractivity contribution in [3.05, 3.63) is 72.2 Å². The number of thioether (sulfide) groups is 1. The van der Waals surface area contributed by atoms with Crippen LogP contribution in [0.15, 0.2) is 70.3 Å². The summed E-state index contributed by atoms with van der Waals surface area (Å²) in [5, 5.41) is 13.6. The van der Waals surface area contributed by atoms with Gasteiger partial charge in [-0.05, 0) is 25.0 Å². The van der Waals surface area contributed by atoms with Gasteiger partial charge >= 0.3 is 0 Å². The Labute approximate surface area is 165 Å². The molecule has 1 aliphatic carbocycles. The van der Waals surface area contributed by atoms with Crippen molar-refractivity contribution in [1.82, 2.24) is 19.9 Å². The van der Waals surface area contributed by atoms with E-state index in [1.807, 2.05) is 42.5 Å². The molecule has 7 heteroatoms. The summed E-state index contributed by atoms with van der Waals surface area (Å²) >= 11 is 1.54. The van der Waals surface area contributed by atoms with E-state index < -0.39 is 0 Å². The van der Waals surface area contributed by atoms with Gasteiger partial charge in [0.15, 0.2) is 16.7 Å². The van der Waals surface area contributed by atoms with E-state index in [0.29, 0.717) is 23.2 Å². The van der Waals surface area contributed by atoms with Crippen LogP contribution < -0.4 is 0 Å². The molecular weight excluding hydrogens is 375 g/mol. The third-order valence-corrected chi connectivity index (χ3v) is 5.63. The first-order valence-corrected chi connectivity index (χ1v) is 10.1. The lowest BCUT2D eigenvalue weighted by Crippen LogP contribution is -2.01. The summed E-state index contributed by atoms with van der Waals surface area (Å²) in [6.07, 6.45) is 2.13. The molecule has 2 aromatic carbocycles. The maximum Gasteiger partial charge on any atom is 0.192 e. The van der Waals surface area contributed by atoms with E-state index in [9.17, 15) is 4.39 Å². The molecule has 0 spiro atoms. The topological polar surface area (TPSA) is 56.7 Å². The van der Waals surface area contributed by atoms with Gasteiger partial charge in [-0.2, -0.15) is 0 Å². The summed E-state index contributed by atoms with van der Waals surface area (Å²) in [7, 11) is 0. The average Bonchev–Trinajstić information content (AvgIpc) is 3.30. The Morgan fingerprint density at radius 2 is 1.82 bits per heavy atom. The molecule has 0 aliphatic heterocycles. The smallest absolute Gasteiger partial charge is 0.192 e.